The third-order valence-electron chi connectivity index (χ3n) is 3.30. The van der Waals surface area contributed by atoms with Crippen molar-refractivity contribution in [2.24, 2.45) is 0 Å². The summed E-state index contributed by atoms with van der Waals surface area (Å²) in [5.74, 6) is -1.48. The summed E-state index contributed by atoms with van der Waals surface area (Å²) in [5, 5.41) is -0.569. The molecule has 1 heterocycles. The number of hydrogen-bond acceptors (Lipinski definition) is 8. The molecule has 1 fully saturated rings. The predicted molar refractivity (Wildman–Crippen MR) is 101 cm³/mol. The van der Waals surface area contributed by atoms with Gasteiger partial charge in [0.25, 0.3) is 11.1 Å². The van der Waals surface area contributed by atoms with E-state index in [1.807, 2.05) is 0 Å². The van der Waals surface area contributed by atoms with Gasteiger partial charge in [0.05, 0.1) is 18.6 Å². The summed E-state index contributed by atoms with van der Waals surface area (Å²) in [6.45, 7) is 1.18. The largest absolute Gasteiger partial charge is 0.481 e. The number of carbonyl (C=O) groups is 4. The second-order valence-electron chi connectivity index (χ2n) is 5.12. The lowest BCUT2D eigenvalue weighted by molar-refractivity contribution is -0.145. The topological polar surface area (TPSA) is 99.2 Å². The quantitative estimate of drug-likeness (QED) is 0.454. The van der Waals surface area contributed by atoms with Crippen LogP contribution in [0.2, 0.25) is 0 Å². The Labute approximate surface area is 167 Å². The molecule has 0 spiro atoms. The van der Waals surface area contributed by atoms with Crippen LogP contribution in [0.4, 0.5) is 4.79 Å². The maximum Gasteiger partial charge on any atom is 0.344 e. The molecule has 2 rings (SSSR count). The third kappa shape index (κ3) is 5.57. The fourth-order valence-corrected chi connectivity index (χ4v) is 3.28. The van der Waals surface area contributed by atoms with Crippen molar-refractivity contribution in [3.63, 3.8) is 0 Å². The third-order valence-corrected chi connectivity index (χ3v) is 4.70. The molecule has 0 bridgehead atoms. The summed E-state index contributed by atoms with van der Waals surface area (Å²) in [6.07, 6.45) is 1.47. The molecular formula is C17H16BrNO7S. The Hall–Kier alpha value is -2.33. The number of rotatable bonds is 7. The van der Waals surface area contributed by atoms with E-state index in [2.05, 4.69) is 20.7 Å². The van der Waals surface area contributed by atoms with Crippen LogP contribution in [-0.2, 0) is 23.9 Å². The smallest absolute Gasteiger partial charge is 0.344 e. The predicted octanol–water partition coefficient (Wildman–Crippen LogP) is 2.60. The maximum absolute atomic E-state index is 12.4. The minimum absolute atomic E-state index is 0.128. The summed E-state index contributed by atoms with van der Waals surface area (Å²) in [4.78, 5) is 48.2. The van der Waals surface area contributed by atoms with Crippen molar-refractivity contribution in [3.05, 3.63) is 33.1 Å². The number of hydrogen-bond donors (Lipinski definition) is 0. The highest BCUT2D eigenvalue weighted by Crippen LogP contribution is 2.34. The number of amides is 2. The number of nitrogens with zero attached hydrogens (tertiary/aromatic N) is 1. The Morgan fingerprint density at radius 1 is 1.26 bits per heavy atom. The van der Waals surface area contributed by atoms with E-state index in [9.17, 15) is 19.2 Å². The van der Waals surface area contributed by atoms with E-state index in [0.717, 1.165) is 4.90 Å². The Balaban J connectivity index is 2.23. The first kappa shape index (κ1) is 21.0. The first-order valence-electron chi connectivity index (χ1n) is 7.75. The fourth-order valence-electron chi connectivity index (χ4n) is 2.07. The molecule has 0 N–H and O–H groups in total. The highest BCUT2D eigenvalue weighted by molar-refractivity contribution is 9.10. The molecule has 0 aliphatic carbocycles. The number of ether oxygens (including phenoxy) is 3. The molecule has 1 aromatic carbocycles. The van der Waals surface area contributed by atoms with Gasteiger partial charge in [-0.1, -0.05) is 15.9 Å². The van der Waals surface area contributed by atoms with Crippen LogP contribution in [0.25, 0.3) is 6.08 Å². The summed E-state index contributed by atoms with van der Waals surface area (Å²) in [7, 11) is 1.17. The van der Waals surface area contributed by atoms with Gasteiger partial charge in [-0.3, -0.25) is 19.3 Å². The van der Waals surface area contributed by atoms with Crippen molar-refractivity contribution in [3.8, 4) is 5.75 Å². The van der Waals surface area contributed by atoms with Crippen molar-refractivity contribution in [2.45, 2.75) is 6.92 Å². The molecule has 144 valence electrons. The minimum Gasteiger partial charge on any atom is -0.481 e. The van der Waals surface area contributed by atoms with E-state index >= 15 is 0 Å². The highest BCUT2D eigenvalue weighted by Gasteiger charge is 2.36. The Bertz CT molecular complexity index is 808. The molecule has 10 heteroatoms. The van der Waals surface area contributed by atoms with Crippen LogP contribution in [0.15, 0.2) is 27.6 Å². The monoisotopic (exact) mass is 457 g/mol. The molecule has 0 unspecified atom stereocenters. The van der Waals surface area contributed by atoms with Crippen molar-refractivity contribution in [1.29, 1.82) is 0 Å². The number of methoxy groups -OCH3 is 1. The normalized spacial score (nSPS) is 15.2. The van der Waals surface area contributed by atoms with Crippen LogP contribution in [0.5, 0.6) is 5.75 Å². The first-order valence-corrected chi connectivity index (χ1v) is 9.36. The van der Waals surface area contributed by atoms with Crippen LogP contribution < -0.4 is 4.74 Å². The van der Waals surface area contributed by atoms with Crippen LogP contribution >= 0.6 is 27.7 Å². The zero-order chi connectivity index (χ0) is 20.0. The highest BCUT2D eigenvalue weighted by atomic mass is 79.9. The van der Waals surface area contributed by atoms with Gasteiger partial charge in [-0.25, -0.2) is 4.79 Å². The van der Waals surface area contributed by atoms with Gasteiger partial charge < -0.3 is 14.2 Å². The number of imide groups is 1. The molecular weight excluding hydrogens is 442 g/mol. The molecule has 1 aliphatic rings. The molecule has 8 nitrogen and oxygen atoms in total. The minimum atomic E-state index is -0.695. The lowest BCUT2D eigenvalue weighted by atomic mass is 10.2. The molecule has 2 amide bonds. The van der Waals surface area contributed by atoms with Crippen LogP contribution in [-0.4, -0.2) is 54.9 Å². The average Bonchev–Trinajstić information content (AvgIpc) is 2.88. The molecule has 0 atom stereocenters. The number of carbonyl (C=O) groups excluding carboxylic acids is 4. The van der Waals surface area contributed by atoms with E-state index in [0.29, 0.717) is 27.5 Å². The molecule has 0 saturated carbocycles. The number of halogens is 1. The van der Waals surface area contributed by atoms with Crippen molar-refractivity contribution < 1.29 is 33.4 Å². The van der Waals surface area contributed by atoms with Crippen LogP contribution in [0.3, 0.4) is 0 Å². The van der Waals surface area contributed by atoms with Gasteiger partial charge >= 0.3 is 11.9 Å². The van der Waals surface area contributed by atoms with Gasteiger partial charge in [-0.2, -0.15) is 0 Å². The second kappa shape index (κ2) is 9.56. The Morgan fingerprint density at radius 2 is 2.00 bits per heavy atom. The van der Waals surface area contributed by atoms with Gasteiger partial charge in [-0.15, -0.1) is 0 Å². The van der Waals surface area contributed by atoms with E-state index in [1.54, 1.807) is 25.1 Å². The van der Waals surface area contributed by atoms with E-state index < -0.39 is 29.6 Å². The molecule has 0 aromatic heterocycles. The zero-order valence-electron chi connectivity index (χ0n) is 14.5. The van der Waals surface area contributed by atoms with Crippen LogP contribution in [0, 0.1) is 0 Å². The maximum atomic E-state index is 12.4. The van der Waals surface area contributed by atoms with Crippen LogP contribution in [0.1, 0.15) is 12.5 Å². The molecule has 1 aromatic rings. The van der Waals surface area contributed by atoms with E-state index in [4.69, 9.17) is 9.47 Å². The van der Waals surface area contributed by atoms with Gasteiger partial charge in [0.2, 0.25) is 0 Å². The Kier molecular flexibility index (Phi) is 7.43. The van der Waals surface area contributed by atoms with Gasteiger partial charge in [-0.05, 0) is 43.0 Å². The molecule has 1 saturated heterocycles. The lowest BCUT2D eigenvalue weighted by Crippen LogP contribution is -2.34. The number of esters is 2. The summed E-state index contributed by atoms with van der Waals surface area (Å²) >= 11 is 4.03. The SMILES string of the molecule is CCOC(=O)COc1ccc(Br)cc1/C=C1\SC(=O)N(CC(=O)OC)C1=O. The molecule has 1 aliphatic heterocycles. The standard InChI is InChI=1S/C17H16BrNO7S/c1-3-25-15(21)9-26-12-5-4-11(18)6-10(12)7-13-16(22)19(17(23)27-13)8-14(20)24-2/h4-7H,3,8-9H2,1-2H3/b13-7-. The van der Waals surface area contributed by atoms with Gasteiger partial charge in [0.15, 0.2) is 6.61 Å². The molecule has 27 heavy (non-hydrogen) atoms. The summed E-state index contributed by atoms with van der Waals surface area (Å²) in [6, 6.07) is 5.00. The zero-order valence-corrected chi connectivity index (χ0v) is 16.9. The number of thioether (sulfide) groups is 1. The van der Waals surface area contributed by atoms with Crippen molar-refractivity contribution >= 4 is 56.9 Å². The van der Waals surface area contributed by atoms with E-state index in [-0.39, 0.29) is 18.1 Å². The van der Waals surface area contributed by atoms with Gasteiger partial charge in [0, 0.05) is 10.0 Å². The first-order chi connectivity index (χ1) is 12.8. The van der Waals surface area contributed by atoms with E-state index in [1.165, 1.54) is 13.2 Å². The van der Waals surface area contributed by atoms with Gasteiger partial charge in [0.1, 0.15) is 12.3 Å². The summed E-state index contributed by atoms with van der Waals surface area (Å²) < 4.78 is 15.5. The lowest BCUT2D eigenvalue weighted by Gasteiger charge is -2.11. The fraction of sp³-hybridized carbons (Fsp3) is 0.294. The summed E-state index contributed by atoms with van der Waals surface area (Å²) in [5.41, 5.74) is 0.484. The molecule has 0 radical (unpaired) electrons. The second-order valence-corrected chi connectivity index (χ2v) is 7.03. The average molecular weight is 458 g/mol. The van der Waals surface area contributed by atoms with Crippen molar-refractivity contribution in [2.75, 3.05) is 26.9 Å². The van der Waals surface area contributed by atoms with Crippen molar-refractivity contribution in [1.82, 2.24) is 4.90 Å². The number of benzene rings is 1. The Morgan fingerprint density at radius 3 is 2.67 bits per heavy atom.